The molecule has 1 saturated heterocycles. The summed E-state index contributed by atoms with van der Waals surface area (Å²) >= 11 is 0. The van der Waals surface area contributed by atoms with E-state index in [0.29, 0.717) is 5.71 Å². The summed E-state index contributed by atoms with van der Waals surface area (Å²) in [6, 6.07) is 10.2. The first-order chi connectivity index (χ1) is 11.8. The number of benzene rings is 1. The second kappa shape index (κ2) is 6.66. The summed E-state index contributed by atoms with van der Waals surface area (Å²) in [5, 5.41) is 11.5. The molecule has 0 aromatic heterocycles. The largest absolute Gasteiger partial charge is 0.494 e. The molecular weight excluding hydrogens is 311 g/mol. The molecule has 2 N–H and O–H groups in total. The minimum atomic E-state index is -0.430. The van der Waals surface area contributed by atoms with Gasteiger partial charge in [0.05, 0.1) is 16.9 Å². The zero-order valence-electron chi connectivity index (χ0n) is 15.3. The van der Waals surface area contributed by atoms with Crippen LogP contribution in [0.25, 0.3) is 0 Å². The molecule has 0 bridgehead atoms. The maximum atomic E-state index is 8.27. The Hall–Kier alpha value is -2.11. The Bertz CT molecular complexity index is 732. The second-order valence-corrected chi connectivity index (χ2v) is 7.45. The van der Waals surface area contributed by atoms with E-state index >= 15 is 0 Å². The first kappa shape index (κ1) is 17.7. The number of rotatable bonds is 4. The Kier molecular flexibility index (Phi) is 4.72. The van der Waals surface area contributed by atoms with E-state index in [9.17, 15) is 0 Å². The normalized spacial score (nSPS) is 23.0. The molecule has 2 aliphatic rings. The van der Waals surface area contributed by atoms with E-state index in [2.05, 4.69) is 17.4 Å². The van der Waals surface area contributed by atoms with Crippen molar-refractivity contribution in [3.63, 3.8) is 0 Å². The summed E-state index contributed by atoms with van der Waals surface area (Å²) in [4.78, 5) is 0. The van der Waals surface area contributed by atoms with Crippen LogP contribution in [0.3, 0.4) is 0 Å². The van der Waals surface area contributed by atoms with E-state index in [-0.39, 0.29) is 11.2 Å². The molecule has 1 heterocycles. The molecule has 0 atom stereocenters. The van der Waals surface area contributed by atoms with Crippen molar-refractivity contribution in [2.45, 2.75) is 45.4 Å². The first-order valence-corrected chi connectivity index (χ1v) is 8.60. The summed E-state index contributed by atoms with van der Waals surface area (Å²) in [5.41, 5.74) is 2.64. The molecule has 0 radical (unpaired) electrons. The fourth-order valence-electron chi connectivity index (χ4n) is 2.70. The summed E-state index contributed by atoms with van der Waals surface area (Å²) < 4.78 is 12.1. The van der Waals surface area contributed by atoms with Gasteiger partial charge >= 0.3 is 7.12 Å². The molecule has 3 rings (SSSR count). The number of allylic oxidation sites excluding steroid dienone is 5. The van der Waals surface area contributed by atoms with Crippen LogP contribution in [0.2, 0.25) is 0 Å². The van der Waals surface area contributed by atoms with Crippen LogP contribution in [0.4, 0.5) is 0 Å². The van der Waals surface area contributed by atoms with Gasteiger partial charge < -0.3 is 20.0 Å². The predicted molar refractivity (Wildman–Crippen MR) is 102 cm³/mol. The van der Waals surface area contributed by atoms with Gasteiger partial charge in [-0.1, -0.05) is 42.5 Å². The second-order valence-electron chi connectivity index (χ2n) is 7.45. The lowest BCUT2D eigenvalue weighted by Crippen LogP contribution is -2.41. The van der Waals surface area contributed by atoms with Gasteiger partial charge in [-0.05, 0) is 44.8 Å². The van der Waals surface area contributed by atoms with Crippen LogP contribution in [-0.2, 0) is 15.9 Å². The van der Waals surface area contributed by atoms with E-state index in [4.69, 9.17) is 14.7 Å². The number of nitrogens with one attached hydrogen (secondary N) is 2. The average Bonchev–Trinajstić information content (AvgIpc) is 2.78. The lowest BCUT2D eigenvalue weighted by atomic mass is 9.75. The number of hydrogen-bond donors (Lipinski definition) is 2. The number of hydrogen-bond acceptors (Lipinski definition) is 4. The molecule has 1 aliphatic carbocycles. The Morgan fingerprint density at radius 1 is 1.04 bits per heavy atom. The third-order valence-electron chi connectivity index (χ3n) is 5.01. The highest BCUT2D eigenvalue weighted by Gasteiger charge is 2.52. The molecule has 1 aromatic carbocycles. The zero-order chi connectivity index (χ0) is 18.1. The predicted octanol–water partition coefficient (Wildman–Crippen LogP) is 3.81. The van der Waals surface area contributed by atoms with Gasteiger partial charge in [-0.3, -0.25) is 0 Å². The van der Waals surface area contributed by atoms with Gasteiger partial charge in [0.1, 0.15) is 0 Å². The monoisotopic (exact) mass is 336 g/mol. The van der Waals surface area contributed by atoms with Crippen molar-refractivity contribution in [2.24, 2.45) is 0 Å². The van der Waals surface area contributed by atoms with Crippen LogP contribution in [-0.4, -0.2) is 24.0 Å². The van der Waals surface area contributed by atoms with Crippen LogP contribution in [0.5, 0.6) is 0 Å². The highest BCUT2D eigenvalue weighted by Crippen LogP contribution is 2.39. The topological polar surface area (TPSA) is 54.3 Å². The van der Waals surface area contributed by atoms with Crippen molar-refractivity contribution in [1.29, 1.82) is 5.41 Å². The summed E-state index contributed by atoms with van der Waals surface area (Å²) in [5.74, 6) is 0. The Labute approximate surface area is 150 Å². The van der Waals surface area contributed by atoms with Gasteiger partial charge in [-0.15, -0.1) is 0 Å². The zero-order valence-corrected chi connectivity index (χ0v) is 15.3. The maximum absolute atomic E-state index is 8.27. The molecule has 25 heavy (non-hydrogen) atoms. The highest BCUT2D eigenvalue weighted by molar-refractivity contribution is 6.56. The lowest BCUT2D eigenvalue weighted by Gasteiger charge is -2.32. The molecule has 5 heteroatoms. The molecule has 4 nitrogen and oxygen atoms in total. The quantitative estimate of drug-likeness (QED) is 0.822. The SMILES string of the molecule is CC1(C)OB(C2=CC(=N)/C(=C\NCc3ccccc3)C=C2)OC1(C)C. The van der Waals surface area contributed by atoms with Crippen LogP contribution >= 0.6 is 0 Å². The molecule has 0 unspecified atom stereocenters. The lowest BCUT2D eigenvalue weighted by molar-refractivity contribution is 0.00578. The fraction of sp³-hybridized carbons (Fsp3) is 0.350. The van der Waals surface area contributed by atoms with Crippen LogP contribution in [0.15, 0.2) is 65.8 Å². The minimum Gasteiger partial charge on any atom is -0.399 e. The van der Waals surface area contributed by atoms with Gasteiger partial charge in [0.15, 0.2) is 0 Å². The maximum Gasteiger partial charge on any atom is 0.494 e. The molecule has 130 valence electrons. The summed E-state index contributed by atoms with van der Waals surface area (Å²) in [6.07, 6.45) is 7.60. The van der Waals surface area contributed by atoms with Crippen LogP contribution < -0.4 is 5.32 Å². The van der Waals surface area contributed by atoms with Crippen molar-refractivity contribution >= 4 is 12.8 Å². The van der Waals surface area contributed by atoms with Crippen molar-refractivity contribution in [1.82, 2.24) is 5.32 Å². The Morgan fingerprint density at radius 3 is 2.28 bits per heavy atom. The fourth-order valence-corrected chi connectivity index (χ4v) is 2.70. The van der Waals surface area contributed by atoms with Crippen molar-refractivity contribution in [2.75, 3.05) is 0 Å². The van der Waals surface area contributed by atoms with Crippen LogP contribution in [0.1, 0.15) is 33.3 Å². The highest BCUT2D eigenvalue weighted by atomic mass is 16.7. The molecule has 0 amide bonds. The third-order valence-corrected chi connectivity index (χ3v) is 5.01. The van der Waals surface area contributed by atoms with E-state index in [1.165, 1.54) is 5.56 Å². The van der Waals surface area contributed by atoms with Gasteiger partial charge in [-0.25, -0.2) is 0 Å². The molecule has 0 spiro atoms. The minimum absolute atomic E-state index is 0.373. The van der Waals surface area contributed by atoms with E-state index in [1.807, 2.05) is 70.3 Å². The molecule has 1 aromatic rings. The van der Waals surface area contributed by atoms with E-state index in [0.717, 1.165) is 17.6 Å². The summed E-state index contributed by atoms with van der Waals surface area (Å²) in [6.45, 7) is 8.86. The van der Waals surface area contributed by atoms with E-state index in [1.54, 1.807) is 0 Å². The van der Waals surface area contributed by atoms with Gasteiger partial charge in [0.25, 0.3) is 0 Å². The Morgan fingerprint density at radius 2 is 1.68 bits per heavy atom. The van der Waals surface area contributed by atoms with Gasteiger partial charge in [0.2, 0.25) is 0 Å². The molecule has 1 aliphatic heterocycles. The first-order valence-electron chi connectivity index (χ1n) is 8.60. The Balaban J connectivity index is 1.63. The van der Waals surface area contributed by atoms with Crippen molar-refractivity contribution in [3.8, 4) is 0 Å². The van der Waals surface area contributed by atoms with Gasteiger partial charge in [0, 0.05) is 18.3 Å². The third kappa shape index (κ3) is 3.78. The van der Waals surface area contributed by atoms with Crippen LogP contribution in [0, 0.1) is 5.41 Å². The summed E-state index contributed by atoms with van der Waals surface area (Å²) in [7, 11) is -0.430. The van der Waals surface area contributed by atoms with E-state index < -0.39 is 7.12 Å². The molecule has 0 saturated carbocycles. The van der Waals surface area contributed by atoms with Crippen molar-refractivity contribution < 1.29 is 9.31 Å². The standard InChI is InChI=1S/C20H25BN2O2/c1-19(2)20(3,4)25-21(24-19)17-11-10-16(18(22)12-17)14-23-13-15-8-6-5-7-9-15/h5-12,14,22-23H,13H2,1-4H3/b16-14-,22-18?. The van der Waals surface area contributed by atoms with Crippen molar-refractivity contribution in [3.05, 3.63) is 71.4 Å². The average molecular weight is 336 g/mol. The molecule has 1 fully saturated rings. The molecular formula is C20H25BN2O2. The smallest absolute Gasteiger partial charge is 0.399 e. The van der Waals surface area contributed by atoms with Gasteiger partial charge in [-0.2, -0.15) is 0 Å².